The molecule has 0 bridgehead atoms. The molecule has 1 aliphatic heterocycles. The van der Waals surface area contributed by atoms with Crippen molar-refractivity contribution in [3.63, 3.8) is 0 Å². The van der Waals surface area contributed by atoms with Crippen LogP contribution in [0, 0.1) is 0 Å². The number of aromatic carboxylic acids is 1. The number of amides is 2. The minimum atomic E-state index is -1.02. The van der Waals surface area contributed by atoms with E-state index in [0.717, 1.165) is 0 Å². The molecule has 7 nitrogen and oxygen atoms in total. The quantitative estimate of drug-likeness (QED) is 0.353. The third-order valence-corrected chi connectivity index (χ3v) is 5.66. The lowest BCUT2D eigenvalue weighted by molar-refractivity contribution is -0.117. The second-order valence-corrected chi connectivity index (χ2v) is 8.34. The number of benzene rings is 3. The molecule has 3 aromatic rings. The van der Waals surface area contributed by atoms with Gasteiger partial charge in [-0.05, 0) is 69.5 Å². The minimum absolute atomic E-state index is 0.0269. The third-order valence-electron chi connectivity index (χ3n) is 4.79. The summed E-state index contributed by atoms with van der Waals surface area (Å²) in [5.41, 5.74) is 4.42. The monoisotopic (exact) mass is 526 g/mol. The number of carboxylic acid groups (broad SMARTS) is 1. The van der Waals surface area contributed by atoms with Crippen LogP contribution in [0.15, 0.2) is 76.8 Å². The lowest BCUT2D eigenvalue weighted by Gasteiger charge is -2.14. The van der Waals surface area contributed by atoms with E-state index >= 15 is 0 Å². The Bertz CT molecular complexity index is 1270. The Hall–Kier alpha value is -3.62. The Morgan fingerprint density at radius 3 is 2.55 bits per heavy atom. The van der Waals surface area contributed by atoms with Crippen molar-refractivity contribution in [3.8, 4) is 5.75 Å². The largest absolute Gasteiger partial charge is 0.486 e. The van der Waals surface area contributed by atoms with E-state index in [2.05, 4.69) is 21.4 Å². The predicted molar refractivity (Wildman–Crippen MR) is 127 cm³/mol. The van der Waals surface area contributed by atoms with Gasteiger partial charge in [0.05, 0.1) is 20.7 Å². The molecule has 166 valence electrons. The fourth-order valence-corrected chi connectivity index (χ4v) is 4.22. The molecular formula is C24H16BrClN2O5. The normalized spacial score (nSPS) is 14.5. The number of carbonyl (C=O) groups excluding carboxylic acids is 2. The molecular weight excluding hydrogens is 512 g/mol. The van der Waals surface area contributed by atoms with Gasteiger partial charge < -0.3 is 9.84 Å². The van der Waals surface area contributed by atoms with Gasteiger partial charge in [0.2, 0.25) is 0 Å². The van der Waals surface area contributed by atoms with Crippen molar-refractivity contribution < 1.29 is 24.2 Å². The molecule has 0 spiro atoms. The summed E-state index contributed by atoms with van der Waals surface area (Å²) in [7, 11) is 0. The molecule has 4 rings (SSSR count). The smallest absolute Gasteiger partial charge is 0.335 e. The van der Waals surface area contributed by atoms with Gasteiger partial charge in [-0.15, -0.1) is 0 Å². The van der Waals surface area contributed by atoms with Gasteiger partial charge >= 0.3 is 5.97 Å². The van der Waals surface area contributed by atoms with E-state index in [9.17, 15) is 14.4 Å². The van der Waals surface area contributed by atoms with E-state index in [4.69, 9.17) is 21.4 Å². The third kappa shape index (κ3) is 4.92. The molecule has 9 heteroatoms. The summed E-state index contributed by atoms with van der Waals surface area (Å²) in [4.78, 5) is 36.3. The van der Waals surface area contributed by atoms with Gasteiger partial charge in [-0.3, -0.25) is 15.0 Å². The maximum atomic E-state index is 12.8. The van der Waals surface area contributed by atoms with Crippen LogP contribution in [0.25, 0.3) is 6.08 Å². The second kappa shape index (κ2) is 9.48. The van der Waals surface area contributed by atoms with E-state index in [-0.39, 0.29) is 22.8 Å². The van der Waals surface area contributed by atoms with Crippen molar-refractivity contribution in [3.05, 3.63) is 98.5 Å². The number of nitrogens with one attached hydrogen (secondary N) is 1. The first-order valence-corrected chi connectivity index (χ1v) is 10.9. The first-order chi connectivity index (χ1) is 15.8. The number of hydrazine groups is 1. The molecule has 0 aliphatic carbocycles. The van der Waals surface area contributed by atoms with Crippen molar-refractivity contribution in [2.45, 2.75) is 6.61 Å². The maximum absolute atomic E-state index is 12.8. The highest BCUT2D eigenvalue weighted by Gasteiger charge is 2.34. The van der Waals surface area contributed by atoms with Gasteiger partial charge in [-0.1, -0.05) is 41.9 Å². The van der Waals surface area contributed by atoms with Gasteiger partial charge in [-0.2, -0.15) is 0 Å². The summed E-state index contributed by atoms with van der Waals surface area (Å²) in [5.74, 6) is -1.66. The summed E-state index contributed by atoms with van der Waals surface area (Å²) in [6, 6.07) is 18.4. The molecule has 2 amide bonds. The van der Waals surface area contributed by atoms with E-state index in [0.29, 0.717) is 27.0 Å². The molecule has 0 aromatic heterocycles. The maximum Gasteiger partial charge on any atom is 0.335 e. The molecule has 33 heavy (non-hydrogen) atoms. The zero-order valence-corrected chi connectivity index (χ0v) is 19.3. The number of rotatable bonds is 6. The summed E-state index contributed by atoms with van der Waals surface area (Å²) in [6.07, 6.45) is 1.46. The highest BCUT2D eigenvalue weighted by atomic mass is 79.9. The van der Waals surface area contributed by atoms with E-state index < -0.39 is 17.8 Å². The molecule has 1 fully saturated rings. The van der Waals surface area contributed by atoms with Crippen LogP contribution in [-0.4, -0.2) is 22.9 Å². The number of para-hydroxylation sites is 1. The number of hydrogen-bond acceptors (Lipinski definition) is 4. The van der Waals surface area contributed by atoms with Crippen LogP contribution in [0.4, 0.5) is 5.69 Å². The fraction of sp³-hybridized carbons (Fsp3) is 0.0417. The zero-order chi connectivity index (χ0) is 23.5. The average Bonchev–Trinajstić information content (AvgIpc) is 3.07. The van der Waals surface area contributed by atoms with Crippen LogP contribution in [0.3, 0.4) is 0 Å². The van der Waals surface area contributed by atoms with Crippen LogP contribution in [0.2, 0.25) is 5.02 Å². The van der Waals surface area contributed by atoms with Crippen molar-refractivity contribution in [1.82, 2.24) is 5.43 Å². The van der Waals surface area contributed by atoms with Gasteiger partial charge in [0.25, 0.3) is 11.8 Å². The van der Waals surface area contributed by atoms with Crippen molar-refractivity contribution in [2.24, 2.45) is 0 Å². The standard InChI is InChI=1S/C24H16BrClN2O5/c25-19-11-15(10-18-22(29)27-28(23(18)30)17-7-2-1-3-8-17)12-20(26)21(19)33-13-14-5-4-6-16(9-14)24(31)32/h1-12H,13H2,(H,27,29)(H,31,32)/b18-10-. The highest BCUT2D eigenvalue weighted by molar-refractivity contribution is 9.10. The molecule has 2 N–H and O–H groups in total. The number of hydrogen-bond donors (Lipinski definition) is 2. The molecule has 0 saturated carbocycles. The molecule has 0 atom stereocenters. The number of ether oxygens (including phenoxy) is 1. The Kier molecular flexibility index (Phi) is 6.48. The van der Waals surface area contributed by atoms with Gasteiger partial charge in [0.15, 0.2) is 5.75 Å². The lowest BCUT2D eigenvalue weighted by atomic mass is 10.1. The Labute approximate surface area is 202 Å². The average molecular weight is 528 g/mol. The molecule has 1 saturated heterocycles. The SMILES string of the molecule is O=C1NN(c2ccccc2)C(=O)/C1=C\c1cc(Cl)c(OCc2cccc(C(=O)O)c2)c(Br)c1. The van der Waals surface area contributed by atoms with Crippen LogP contribution < -0.4 is 15.2 Å². The Balaban J connectivity index is 1.54. The first kappa shape index (κ1) is 22.6. The first-order valence-electron chi connectivity index (χ1n) is 9.70. The molecule has 1 heterocycles. The summed E-state index contributed by atoms with van der Waals surface area (Å²) in [6.45, 7) is 0.104. The summed E-state index contributed by atoms with van der Waals surface area (Å²) < 4.78 is 6.30. The number of carbonyl (C=O) groups is 3. The number of nitrogens with zero attached hydrogens (tertiary/aromatic N) is 1. The molecule has 0 unspecified atom stereocenters. The van der Waals surface area contributed by atoms with Crippen molar-refractivity contribution >= 4 is 57.1 Å². The highest BCUT2D eigenvalue weighted by Crippen LogP contribution is 2.36. The minimum Gasteiger partial charge on any atom is -0.486 e. The van der Waals surface area contributed by atoms with E-state index in [1.807, 2.05) is 6.07 Å². The van der Waals surface area contributed by atoms with E-state index in [1.165, 1.54) is 23.2 Å². The summed E-state index contributed by atoms with van der Waals surface area (Å²) in [5, 5.41) is 10.6. The van der Waals surface area contributed by atoms with Crippen molar-refractivity contribution in [1.29, 1.82) is 0 Å². The summed E-state index contributed by atoms with van der Waals surface area (Å²) >= 11 is 9.80. The second-order valence-electron chi connectivity index (χ2n) is 7.08. The van der Waals surface area contributed by atoms with Gasteiger partial charge in [-0.25, -0.2) is 9.80 Å². The lowest BCUT2D eigenvalue weighted by Crippen LogP contribution is -2.35. The topological polar surface area (TPSA) is 95.9 Å². The van der Waals surface area contributed by atoms with E-state index in [1.54, 1.807) is 48.5 Å². The van der Waals surface area contributed by atoms with Crippen LogP contribution >= 0.6 is 27.5 Å². The molecule has 0 radical (unpaired) electrons. The fourth-order valence-electron chi connectivity index (χ4n) is 3.23. The number of halogens is 2. The number of anilines is 1. The zero-order valence-electron chi connectivity index (χ0n) is 16.9. The van der Waals surface area contributed by atoms with Gasteiger partial charge in [0.1, 0.15) is 12.2 Å². The van der Waals surface area contributed by atoms with Crippen LogP contribution in [-0.2, 0) is 16.2 Å². The Morgan fingerprint density at radius 1 is 1.09 bits per heavy atom. The van der Waals surface area contributed by atoms with Crippen LogP contribution in [0.5, 0.6) is 5.75 Å². The van der Waals surface area contributed by atoms with Crippen LogP contribution in [0.1, 0.15) is 21.5 Å². The molecule has 1 aliphatic rings. The van der Waals surface area contributed by atoms with Crippen molar-refractivity contribution in [2.75, 3.05) is 5.01 Å². The number of carboxylic acids is 1. The Morgan fingerprint density at radius 2 is 1.85 bits per heavy atom. The van der Waals surface area contributed by atoms with Gasteiger partial charge in [0, 0.05) is 0 Å². The molecule has 3 aromatic carbocycles. The predicted octanol–water partition coefficient (Wildman–Crippen LogP) is 4.84.